The Morgan fingerprint density at radius 2 is 2.00 bits per heavy atom. The van der Waals surface area contributed by atoms with Gasteiger partial charge in [-0.05, 0) is 49.3 Å². The van der Waals surface area contributed by atoms with Crippen molar-refractivity contribution >= 4 is 27.5 Å². The molecule has 0 radical (unpaired) electrons. The van der Waals surface area contributed by atoms with Crippen LogP contribution in [0.1, 0.15) is 32.6 Å². The van der Waals surface area contributed by atoms with Crippen LogP contribution in [-0.4, -0.2) is 28.1 Å². The Kier molecular flexibility index (Phi) is 4.53. The summed E-state index contributed by atoms with van der Waals surface area (Å²) in [7, 11) is 1.65. The van der Waals surface area contributed by atoms with Gasteiger partial charge >= 0.3 is 0 Å². The van der Waals surface area contributed by atoms with Crippen LogP contribution in [0, 0.1) is 5.92 Å². The van der Waals surface area contributed by atoms with Crippen molar-refractivity contribution in [2.45, 2.75) is 38.6 Å². The fourth-order valence-corrected chi connectivity index (χ4v) is 4.06. The highest BCUT2D eigenvalue weighted by atomic mass is 32.1. The summed E-state index contributed by atoms with van der Waals surface area (Å²) in [5, 5.41) is 3.47. The van der Waals surface area contributed by atoms with Crippen molar-refractivity contribution in [3.05, 3.63) is 29.9 Å². The summed E-state index contributed by atoms with van der Waals surface area (Å²) in [6.07, 6.45) is 6.72. The van der Waals surface area contributed by atoms with E-state index < -0.39 is 0 Å². The van der Waals surface area contributed by atoms with E-state index in [0.717, 1.165) is 22.6 Å². The summed E-state index contributed by atoms with van der Waals surface area (Å²) in [5.41, 5.74) is 4.76. The number of ether oxygens (including phenoxy) is 1. The lowest BCUT2D eigenvalue weighted by Gasteiger charge is -2.27. The van der Waals surface area contributed by atoms with Gasteiger partial charge in [-0.15, -0.1) is 11.3 Å². The first kappa shape index (κ1) is 16.3. The lowest BCUT2D eigenvalue weighted by molar-refractivity contribution is 0.359. The SMILES string of the molecule is COc1nc(N[C@H]2CC[C@H](C)CC2)ncc1-c1ccc2scnc2c1. The summed E-state index contributed by atoms with van der Waals surface area (Å²) in [6, 6.07) is 6.66. The zero-order valence-corrected chi connectivity index (χ0v) is 15.3. The van der Waals surface area contributed by atoms with Gasteiger partial charge in [0.15, 0.2) is 0 Å². The van der Waals surface area contributed by atoms with Crippen LogP contribution in [0.2, 0.25) is 0 Å². The van der Waals surface area contributed by atoms with E-state index in [4.69, 9.17) is 4.74 Å². The minimum Gasteiger partial charge on any atom is -0.480 e. The minimum atomic E-state index is 0.457. The number of anilines is 1. The Bertz CT molecular complexity index is 871. The quantitative estimate of drug-likeness (QED) is 0.732. The molecule has 1 aliphatic rings. The van der Waals surface area contributed by atoms with Gasteiger partial charge in [0.05, 0.1) is 28.4 Å². The van der Waals surface area contributed by atoms with Gasteiger partial charge in [0.25, 0.3) is 0 Å². The highest BCUT2D eigenvalue weighted by molar-refractivity contribution is 7.16. The average Bonchev–Trinajstić information content (AvgIpc) is 3.11. The molecule has 1 aliphatic carbocycles. The largest absolute Gasteiger partial charge is 0.480 e. The van der Waals surface area contributed by atoms with Crippen LogP contribution in [0.3, 0.4) is 0 Å². The standard InChI is InChI=1S/C19H22N4OS/c1-12-3-6-14(7-4-12)22-19-20-10-15(18(23-19)24-2)13-5-8-17-16(9-13)21-11-25-17/h5,8-12,14H,3-4,6-7H2,1-2H3,(H,20,22,23)/t12-,14-. The van der Waals surface area contributed by atoms with Crippen LogP contribution in [0.5, 0.6) is 5.88 Å². The molecule has 0 atom stereocenters. The van der Waals surface area contributed by atoms with Crippen molar-refractivity contribution in [2.75, 3.05) is 12.4 Å². The molecule has 3 aromatic rings. The molecule has 2 aromatic heterocycles. The molecule has 0 aliphatic heterocycles. The summed E-state index contributed by atoms with van der Waals surface area (Å²) in [4.78, 5) is 13.5. The number of rotatable bonds is 4. The zero-order chi connectivity index (χ0) is 17.2. The van der Waals surface area contributed by atoms with Crippen molar-refractivity contribution < 1.29 is 4.74 Å². The first-order valence-corrected chi connectivity index (χ1v) is 9.62. The second-order valence-corrected chi connectivity index (χ2v) is 7.64. The molecule has 0 amide bonds. The van der Waals surface area contributed by atoms with E-state index in [9.17, 15) is 0 Å². The Morgan fingerprint density at radius 1 is 1.16 bits per heavy atom. The highest BCUT2D eigenvalue weighted by Crippen LogP contribution is 2.32. The molecule has 0 bridgehead atoms. The van der Waals surface area contributed by atoms with Gasteiger partial charge in [0, 0.05) is 12.2 Å². The topological polar surface area (TPSA) is 59.9 Å². The van der Waals surface area contributed by atoms with E-state index in [-0.39, 0.29) is 0 Å². The van der Waals surface area contributed by atoms with Gasteiger partial charge in [0.1, 0.15) is 0 Å². The lowest BCUT2D eigenvalue weighted by atomic mass is 9.87. The second-order valence-electron chi connectivity index (χ2n) is 6.75. The first-order valence-electron chi connectivity index (χ1n) is 8.74. The molecule has 1 N–H and O–H groups in total. The van der Waals surface area contributed by atoms with E-state index >= 15 is 0 Å². The Labute approximate surface area is 151 Å². The summed E-state index contributed by atoms with van der Waals surface area (Å²) < 4.78 is 6.71. The zero-order valence-electron chi connectivity index (χ0n) is 14.5. The predicted molar refractivity (Wildman–Crippen MR) is 102 cm³/mol. The molecule has 0 unspecified atom stereocenters. The van der Waals surface area contributed by atoms with Crippen LogP contribution in [0.25, 0.3) is 21.3 Å². The third-order valence-electron chi connectivity index (χ3n) is 4.94. The number of fused-ring (bicyclic) bond motifs is 1. The smallest absolute Gasteiger partial charge is 0.226 e. The molecule has 130 valence electrons. The van der Waals surface area contributed by atoms with Gasteiger partial charge in [0.2, 0.25) is 11.8 Å². The third kappa shape index (κ3) is 3.44. The lowest BCUT2D eigenvalue weighted by Crippen LogP contribution is -2.26. The Balaban J connectivity index is 1.59. The van der Waals surface area contributed by atoms with Crippen molar-refractivity contribution in [3.63, 3.8) is 0 Å². The molecule has 4 rings (SSSR count). The van der Waals surface area contributed by atoms with Crippen LogP contribution in [0.15, 0.2) is 29.9 Å². The maximum atomic E-state index is 5.53. The first-order chi connectivity index (χ1) is 12.2. The molecule has 25 heavy (non-hydrogen) atoms. The van der Waals surface area contributed by atoms with Crippen molar-refractivity contribution in [1.29, 1.82) is 0 Å². The Hall–Kier alpha value is -2.21. The molecule has 5 nitrogen and oxygen atoms in total. The summed E-state index contributed by atoms with van der Waals surface area (Å²) in [5.74, 6) is 2.07. The van der Waals surface area contributed by atoms with E-state index in [1.54, 1.807) is 18.4 Å². The number of aromatic nitrogens is 3. The summed E-state index contributed by atoms with van der Waals surface area (Å²) in [6.45, 7) is 2.32. The van der Waals surface area contributed by atoms with Gasteiger partial charge in [-0.25, -0.2) is 9.97 Å². The van der Waals surface area contributed by atoms with Gasteiger partial charge in [-0.3, -0.25) is 0 Å². The van der Waals surface area contributed by atoms with Gasteiger partial charge in [-0.1, -0.05) is 13.0 Å². The van der Waals surface area contributed by atoms with Crippen LogP contribution < -0.4 is 10.1 Å². The third-order valence-corrected chi connectivity index (χ3v) is 5.75. The van der Waals surface area contributed by atoms with Crippen LogP contribution in [0.4, 0.5) is 5.95 Å². The fourth-order valence-electron chi connectivity index (χ4n) is 3.40. The van der Waals surface area contributed by atoms with Gasteiger partial charge < -0.3 is 10.1 Å². The maximum Gasteiger partial charge on any atom is 0.226 e. The number of hydrogen-bond donors (Lipinski definition) is 1. The number of hydrogen-bond acceptors (Lipinski definition) is 6. The highest BCUT2D eigenvalue weighted by Gasteiger charge is 2.19. The summed E-state index contributed by atoms with van der Waals surface area (Å²) >= 11 is 1.64. The number of benzene rings is 1. The van der Waals surface area contributed by atoms with Gasteiger partial charge in [-0.2, -0.15) is 4.98 Å². The van der Waals surface area contributed by atoms with Crippen molar-refractivity contribution in [2.24, 2.45) is 5.92 Å². The van der Waals surface area contributed by atoms with Crippen LogP contribution in [-0.2, 0) is 0 Å². The minimum absolute atomic E-state index is 0.457. The molecule has 0 spiro atoms. The molecule has 1 saturated carbocycles. The fraction of sp³-hybridized carbons (Fsp3) is 0.421. The normalized spacial score (nSPS) is 20.6. The molecule has 2 heterocycles. The van der Waals surface area contributed by atoms with E-state index in [1.165, 1.54) is 30.4 Å². The molecule has 6 heteroatoms. The molecule has 0 saturated heterocycles. The van der Waals surface area contributed by atoms with E-state index in [2.05, 4.69) is 45.4 Å². The predicted octanol–water partition coefficient (Wildman–Crippen LogP) is 4.75. The van der Waals surface area contributed by atoms with E-state index in [1.807, 2.05) is 11.7 Å². The Morgan fingerprint density at radius 3 is 2.80 bits per heavy atom. The number of nitrogens with zero attached hydrogens (tertiary/aromatic N) is 3. The number of nitrogens with one attached hydrogen (secondary N) is 1. The van der Waals surface area contributed by atoms with Crippen molar-refractivity contribution in [3.8, 4) is 17.0 Å². The van der Waals surface area contributed by atoms with E-state index in [0.29, 0.717) is 17.9 Å². The monoisotopic (exact) mass is 354 g/mol. The molecule has 1 fully saturated rings. The second kappa shape index (κ2) is 6.96. The number of methoxy groups -OCH3 is 1. The average molecular weight is 354 g/mol. The number of thiazole rings is 1. The van der Waals surface area contributed by atoms with Crippen molar-refractivity contribution in [1.82, 2.24) is 15.0 Å². The molecular formula is C19H22N4OS. The van der Waals surface area contributed by atoms with Crippen LogP contribution >= 0.6 is 11.3 Å². The molecular weight excluding hydrogens is 332 g/mol. The molecule has 1 aromatic carbocycles. The maximum absolute atomic E-state index is 5.53.